The second-order valence-electron chi connectivity index (χ2n) is 8.02. The number of hydrogen-bond donors (Lipinski definition) is 2. The summed E-state index contributed by atoms with van der Waals surface area (Å²) in [5, 5.41) is 15.1. The molecule has 0 saturated carbocycles. The Labute approximate surface area is 240 Å². The van der Waals surface area contributed by atoms with Gasteiger partial charge in [-0.15, -0.1) is 23.5 Å². The number of nitrogens with zero attached hydrogens (tertiary/aromatic N) is 3. The number of halogens is 3. The fourth-order valence-corrected chi connectivity index (χ4v) is 6.97. The Bertz CT molecular complexity index is 1330. The van der Waals surface area contributed by atoms with Crippen molar-refractivity contribution in [2.75, 3.05) is 11.5 Å². The van der Waals surface area contributed by atoms with Crippen LogP contribution in [0, 0.1) is 0 Å². The molecule has 194 valence electrons. The Balaban J connectivity index is 1.41. The highest BCUT2D eigenvalue weighted by molar-refractivity contribution is 8.01. The fourth-order valence-electron chi connectivity index (χ4n) is 3.76. The van der Waals surface area contributed by atoms with Gasteiger partial charge in [0.25, 0.3) is 11.8 Å². The number of carboxylic acid groups (broad SMARTS) is 1. The summed E-state index contributed by atoms with van der Waals surface area (Å²) in [6, 6.07) is 4.37. The predicted molar refractivity (Wildman–Crippen MR) is 144 cm³/mol. The molecule has 4 rings (SSSR count). The van der Waals surface area contributed by atoms with E-state index >= 15 is 0 Å². The van der Waals surface area contributed by atoms with Gasteiger partial charge in [0.2, 0.25) is 6.54 Å². The van der Waals surface area contributed by atoms with Crippen LogP contribution in [-0.4, -0.2) is 55.6 Å². The number of carbonyl (C=O) groups excluding carboxylic acids is 3. The average molecular weight is 619 g/mol. The van der Waals surface area contributed by atoms with E-state index in [1.165, 1.54) is 34.5 Å². The van der Waals surface area contributed by atoms with Crippen molar-refractivity contribution in [1.82, 2.24) is 15.2 Å². The van der Waals surface area contributed by atoms with Crippen molar-refractivity contribution < 1.29 is 24.1 Å². The summed E-state index contributed by atoms with van der Waals surface area (Å²) in [5.74, 6) is -1.52. The van der Waals surface area contributed by atoms with Gasteiger partial charge in [-0.1, -0.05) is 47.0 Å². The Morgan fingerprint density at radius 3 is 2.65 bits per heavy atom. The first-order valence-corrected chi connectivity index (χ1v) is 14.2. The predicted octanol–water partition coefficient (Wildman–Crippen LogP) is 1.35. The first kappa shape index (κ1) is 27.9. The number of thioether (sulfide) groups is 2. The average Bonchev–Trinajstić information content (AvgIpc) is 2.84. The van der Waals surface area contributed by atoms with E-state index in [2.05, 4.69) is 10.3 Å². The van der Waals surface area contributed by atoms with Gasteiger partial charge in [0.15, 0.2) is 12.4 Å². The lowest BCUT2D eigenvalue weighted by Gasteiger charge is -2.51. The molecule has 0 aromatic carbocycles. The number of pyridine rings is 2. The lowest BCUT2D eigenvalue weighted by atomic mass is 10.0. The van der Waals surface area contributed by atoms with E-state index in [9.17, 15) is 19.5 Å². The molecule has 3 N–H and O–H groups in total. The topological polar surface area (TPSA) is 132 Å². The van der Waals surface area contributed by atoms with Crippen molar-refractivity contribution in [3.63, 3.8) is 0 Å². The summed E-state index contributed by atoms with van der Waals surface area (Å²) in [5.41, 5.74) is 6.07. The minimum absolute atomic E-state index is 0.0651. The van der Waals surface area contributed by atoms with Crippen molar-refractivity contribution >= 4 is 93.3 Å². The molecule has 4 heterocycles. The third-order valence-electron chi connectivity index (χ3n) is 5.46. The van der Waals surface area contributed by atoms with Gasteiger partial charge in [-0.05, 0) is 11.6 Å². The first-order valence-electron chi connectivity index (χ1n) is 10.6. The third kappa shape index (κ3) is 6.32. The molecule has 15 heteroatoms. The zero-order valence-corrected chi connectivity index (χ0v) is 23.5. The van der Waals surface area contributed by atoms with E-state index in [1.807, 2.05) is 0 Å². The van der Waals surface area contributed by atoms with Crippen molar-refractivity contribution in [2.45, 2.75) is 29.3 Å². The maximum Gasteiger partial charge on any atom is 0.283 e. The maximum absolute atomic E-state index is 12.9. The highest BCUT2D eigenvalue weighted by atomic mass is 35.5. The monoisotopic (exact) mass is 617 g/mol. The van der Waals surface area contributed by atoms with Gasteiger partial charge in [-0.2, -0.15) is 4.57 Å². The van der Waals surface area contributed by atoms with Gasteiger partial charge in [0.05, 0.1) is 32.4 Å². The van der Waals surface area contributed by atoms with Gasteiger partial charge in [0.1, 0.15) is 16.6 Å². The van der Waals surface area contributed by atoms with Crippen molar-refractivity contribution in [1.29, 1.82) is 0 Å². The van der Waals surface area contributed by atoms with E-state index in [0.29, 0.717) is 27.8 Å². The number of hydrogen-bond acceptors (Lipinski definition) is 8. The summed E-state index contributed by atoms with van der Waals surface area (Å²) in [6.45, 7) is 0.0651. The number of aromatic nitrogens is 2. The van der Waals surface area contributed by atoms with E-state index in [0.717, 1.165) is 4.90 Å². The number of β-lactam (4-membered cyclic amide) rings is 1. The van der Waals surface area contributed by atoms with Crippen LogP contribution >= 0.6 is 70.5 Å². The zero-order valence-electron chi connectivity index (χ0n) is 18.8. The quantitative estimate of drug-likeness (QED) is 0.141. The van der Waals surface area contributed by atoms with Crippen LogP contribution in [0.2, 0.25) is 15.2 Å². The number of amides is 2. The molecule has 1 saturated heterocycles. The Hall–Kier alpha value is -2.09. The maximum atomic E-state index is 12.9. The number of carbonyl (C=O) groups is 3. The second-order valence-corrected chi connectivity index (χ2v) is 11.8. The van der Waals surface area contributed by atoms with Gasteiger partial charge >= 0.3 is 0 Å². The molecule has 2 amide bonds. The molecule has 2 aliphatic heterocycles. The molecule has 0 bridgehead atoms. The van der Waals surface area contributed by atoms with E-state index in [1.54, 1.807) is 29.1 Å². The lowest BCUT2D eigenvalue weighted by Crippen LogP contribution is -2.71. The van der Waals surface area contributed by atoms with Crippen LogP contribution in [-0.2, 0) is 27.3 Å². The Kier molecular flexibility index (Phi) is 8.87. The fraction of sp³-hybridized carbons (Fsp3) is 0.273. The largest absolute Gasteiger partial charge is 0.543 e. The van der Waals surface area contributed by atoms with E-state index in [-0.39, 0.29) is 33.9 Å². The van der Waals surface area contributed by atoms with Crippen LogP contribution in [0.4, 0.5) is 0 Å². The van der Waals surface area contributed by atoms with Crippen molar-refractivity contribution in [2.24, 2.45) is 5.73 Å². The molecule has 2 aromatic rings. The van der Waals surface area contributed by atoms with Gasteiger partial charge < -0.3 is 21.0 Å². The second kappa shape index (κ2) is 11.7. The number of aliphatic carboxylic acids is 1. The van der Waals surface area contributed by atoms with Crippen LogP contribution in [0.25, 0.3) is 0 Å². The molecular weight excluding hydrogens is 601 g/mol. The number of nitrogens with two attached hydrogens (primary N) is 1. The highest BCUT2D eigenvalue weighted by Crippen LogP contribution is 2.41. The number of carboxylic acids is 1. The highest BCUT2D eigenvalue weighted by Gasteiger charge is 2.52. The summed E-state index contributed by atoms with van der Waals surface area (Å²) in [7, 11) is 0. The molecule has 0 spiro atoms. The zero-order chi connectivity index (χ0) is 26.9. The number of nitrogens with one attached hydrogen (secondary N) is 1. The number of rotatable bonds is 9. The Morgan fingerprint density at radius 2 is 2.00 bits per heavy atom. The first-order chi connectivity index (χ1) is 17.5. The minimum atomic E-state index is -1.41. The van der Waals surface area contributed by atoms with E-state index in [4.69, 9.17) is 52.8 Å². The number of primary amides is 1. The number of thiocarbonyl (C=S) groups is 1. The molecule has 2 aromatic heterocycles. The smallest absolute Gasteiger partial charge is 0.283 e. The number of fused-ring (bicyclic) bond motifs is 1. The minimum Gasteiger partial charge on any atom is -0.543 e. The molecule has 2 aliphatic rings. The molecule has 0 aliphatic carbocycles. The normalized spacial score (nSPS) is 18.8. The standard InChI is InChI=1S/C22H18Cl3N5O4S3/c23-12-5-13(24)19(25)27-14(12)6-16(35)28-17-20(32)30-18(22(33)34)10(9-37-21(17)30)8-36-11-1-3-29(4-2-11)7-15(26)31/h1-5,17,21H,6-9H2,(H3-,26,28,31,33,34,35)/t17-,21-/m1/s1. The molecule has 0 radical (unpaired) electrons. The van der Waals surface area contributed by atoms with E-state index < -0.39 is 29.2 Å². The van der Waals surface area contributed by atoms with Crippen LogP contribution in [0.1, 0.15) is 5.69 Å². The van der Waals surface area contributed by atoms with Crippen LogP contribution in [0.15, 0.2) is 46.8 Å². The molecule has 9 nitrogen and oxygen atoms in total. The third-order valence-corrected chi connectivity index (χ3v) is 9.16. The van der Waals surface area contributed by atoms with Crippen molar-refractivity contribution in [3.05, 3.63) is 62.8 Å². The molecule has 0 unspecified atom stereocenters. The molecular formula is C22H18Cl3N5O4S3. The Morgan fingerprint density at radius 1 is 1.30 bits per heavy atom. The molecule has 2 atom stereocenters. The SMILES string of the molecule is NC(=O)C[n+]1ccc(SCC2=C(C(=O)[O-])N3C(=O)[C@@H](NC(=S)Cc4nc(Cl)c(Cl)cc4Cl)[C@H]3SC2)cc1. The van der Waals surface area contributed by atoms with Gasteiger partial charge in [-0.25, -0.2) is 4.98 Å². The summed E-state index contributed by atoms with van der Waals surface area (Å²) in [4.78, 5) is 42.5. The van der Waals surface area contributed by atoms with Crippen molar-refractivity contribution in [3.8, 4) is 0 Å². The lowest BCUT2D eigenvalue weighted by molar-refractivity contribution is -0.684. The van der Waals surface area contributed by atoms with Crippen LogP contribution in [0.3, 0.4) is 0 Å². The summed E-state index contributed by atoms with van der Waals surface area (Å²) >= 11 is 26.3. The molecule has 37 heavy (non-hydrogen) atoms. The van der Waals surface area contributed by atoms with Crippen LogP contribution < -0.4 is 20.7 Å². The van der Waals surface area contributed by atoms with Gasteiger partial charge in [-0.3, -0.25) is 14.5 Å². The van der Waals surface area contributed by atoms with Gasteiger partial charge in [0, 0.05) is 35.0 Å². The summed E-state index contributed by atoms with van der Waals surface area (Å²) < 4.78 is 1.64. The molecule has 1 fully saturated rings. The summed E-state index contributed by atoms with van der Waals surface area (Å²) in [6.07, 6.45) is 3.56. The van der Waals surface area contributed by atoms with Crippen LogP contribution in [0.5, 0.6) is 0 Å².